The van der Waals surface area contributed by atoms with Crippen LogP contribution in [0.4, 0.5) is 11.4 Å². The highest BCUT2D eigenvalue weighted by molar-refractivity contribution is 6.03. The van der Waals surface area contributed by atoms with Crippen LogP contribution in [0.3, 0.4) is 0 Å². The Kier molecular flexibility index (Phi) is 5.71. The first-order valence-corrected chi connectivity index (χ1v) is 11.8. The molecule has 1 amide bonds. The highest BCUT2D eigenvalue weighted by Gasteiger charge is 2.31. The molecule has 0 bridgehead atoms. The first-order chi connectivity index (χ1) is 16.1. The van der Waals surface area contributed by atoms with Crippen molar-refractivity contribution >= 4 is 17.3 Å². The number of ether oxygens (including phenoxy) is 1. The summed E-state index contributed by atoms with van der Waals surface area (Å²) in [5.41, 5.74) is 15.1. The summed E-state index contributed by atoms with van der Waals surface area (Å²) in [6.07, 6.45) is 2.67. The minimum atomic E-state index is -0.320. The Morgan fingerprint density at radius 3 is 2.39 bits per heavy atom. The summed E-state index contributed by atoms with van der Waals surface area (Å²) in [5.74, 6) is 0.574. The number of methoxy groups -OCH3 is 1. The summed E-state index contributed by atoms with van der Waals surface area (Å²) in [6.45, 7) is 5.53. The van der Waals surface area contributed by atoms with Gasteiger partial charge >= 0.3 is 0 Å². The Balaban J connectivity index is 1.54. The summed E-state index contributed by atoms with van der Waals surface area (Å²) < 4.78 is 5.58. The number of nitrogens with zero attached hydrogens (tertiary/aromatic N) is 2. The molecule has 2 aliphatic rings. The van der Waals surface area contributed by atoms with E-state index in [0.717, 1.165) is 68.1 Å². The van der Waals surface area contributed by atoms with E-state index in [1.807, 2.05) is 18.2 Å². The molecule has 0 atom stereocenters. The quantitative estimate of drug-likeness (QED) is 0.473. The lowest BCUT2D eigenvalue weighted by atomic mass is 9.91. The fraction of sp³-hybridized carbons (Fsp3) is 0.321. The second kappa shape index (κ2) is 8.81. The van der Waals surface area contributed by atoms with E-state index in [-0.39, 0.29) is 5.91 Å². The van der Waals surface area contributed by atoms with Crippen molar-refractivity contribution in [2.45, 2.75) is 26.2 Å². The van der Waals surface area contributed by atoms with Gasteiger partial charge in [0, 0.05) is 32.6 Å². The van der Waals surface area contributed by atoms with Crippen molar-refractivity contribution in [2.24, 2.45) is 5.73 Å². The van der Waals surface area contributed by atoms with Crippen LogP contribution < -0.4 is 20.3 Å². The summed E-state index contributed by atoms with van der Waals surface area (Å²) in [6, 6.07) is 19.0. The van der Waals surface area contributed by atoms with Crippen LogP contribution in [0.2, 0.25) is 0 Å². The van der Waals surface area contributed by atoms with Crippen LogP contribution in [-0.4, -0.2) is 39.2 Å². The molecule has 33 heavy (non-hydrogen) atoms. The van der Waals surface area contributed by atoms with E-state index in [1.165, 1.54) is 22.3 Å². The number of carbonyl (C=O) groups excluding carboxylic acids is 1. The Morgan fingerprint density at radius 2 is 1.67 bits per heavy atom. The second-order valence-electron chi connectivity index (χ2n) is 8.88. The van der Waals surface area contributed by atoms with Crippen LogP contribution in [0.25, 0.3) is 11.1 Å². The maximum absolute atomic E-state index is 12.8. The monoisotopic (exact) mass is 441 g/mol. The Hall–Kier alpha value is -3.47. The van der Waals surface area contributed by atoms with Gasteiger partial charge in [0.05, 0.1) is 24.0 Å². The third kappa shape index (κ3) is 3.71. The van der Waals surface area contributed by atoms with E-state index < -0.39 is 0 Å². The number of hydrogen-bond acceptors (Lipinski definition) is 4. The van der Waals surface area contributed by atoms with Gasteiger partial charge < -0.3 is 20.3 Å². The molecule has 5 nitrogen and oxygen atoms in total. The van der Waals surface area contributed by atoms with Crippen LogP contribution in [0.5, 0.6) is 5.75 Å². The minimum absolute atomic E-state index is 0.320. The number of carbonyl (C=O) groups is 1. The SMILES string of the molecule is CCCc1cc2c(c(N3CCN(c4ccccc4OC)CC3)c1C(N)=O)Cc1ccccc1-2. The average Bonchev–Trinajstić information content (AvgIpc) is 3.21. The zero-order chi connectivity index (χ0) is 22.9. The number of primary amides is 1. The van der Waals surface area contributed by atoms with Crippen LogP contribution >= 0.6 is 0 Å². The third-order valence-corrected chi connectivity index (χ3v) is 6.95. The zero-order valence-electron chi connectivity index (χ0n) is 19.4. The van der Waals surface area contributed by atoms with Gasteiger partial charge in [-0.1, -0.05) is 49.7 Å². The molecule has 1 fully saturated rings. The molecule has 3 aromatic carbocycles. The molecule has 5 heteroatoms. The highest BCUT2D eigenvalue weighted by atomic mass is 16.5. The van der Waals surface area contributed by atoms with Gasteiger partial charge in [0.2, 0.25) is 0 Å². The van der Waals surface area contributed by atoms with Crippen molar-refractivity contribution in [3.63, 3.8) is 0 Å². The van der Waals surface area contributed by atoms with Crippen LogP contribution in [0, 0.1) is 0 Å². The van der Waals surface area contributed by atoms with Gasteiger partial charge in [0.15, 0.2) is 0 Å². The standard InChI is InChI=1S/C28H31N3O2/c1-3-8-20-18-22-21-10-5-4-9-19(21)17-23(22)27(26(20)28(29)32)31-15-13-30(14-16-31)24-11-6-7-12-25(24)33-2/h4-7,9-12,18H,3,8,13-17H2,1-2H3,(H2,29,32). The molecule has 2 N–H and O–H groups in total. The number of aryl methyl sites for hydroxylation is 1. The molecule has 170 valence electrons. The van der Waals surface area contributed by atoms with Crippen molar-refractivity contribution in [2.75, 3.05) is 43.1 Å². The zero-order valence-corrected chi connectivity index (χ0v) is 19.4. The number of piperazine rings is 1. The third-order valence-electron chi connectivity index (χ3n) is 6.95. The molecule has 3 aromatic rings. The topological polar surface area (TPSA) is 58.8 Å². The number of amides is 1. The number of fused-ring (bicyclic) bond motifs is 3. The van der Waals surface area contributed by atoms with Gasteiger partial charge in [0.25, 0.3) is 5.91 Å². The second-order valence-corrected chi connectivity index (χ2v) is 8.88. The maximum atomic E-state index is 12.8. The minimum Gasteiger partial charge on any atom is -0.495 e. The van der Waals surface area contributed by atoms with Crippen molar-refractivity contribution in [1.82, 2.24) is 0 Å². The van der Waals surface area contributed by atoms with E-state index in [9.17, 15) is 4.79 Å². The van der Waals surface area contributed by atoms with Gasteiger partial charge in [0.1, 0.15) is 5.75 Å². The number of anilines is 2. The van der Waals surface area contributed by atoms with Crippen LogP contribution in [0.15, 0.2) is 54.6 Å². The van der Waals surface area contributed by atoms with Gasteiger partial charge in [-0.3, -0.25) is 4.79 Å². The maximum Gasteiger partial charge on any atom is 0.251 e. The first kappa shape index (κ1) is 21.4. The smallest absolute Gasteiger partial charge is 0.251 e. The fourth-order valence-electron chi connectivity index (χ4n) is 5.46. The normalized spacial score (nSPS) is 14.7. The lowest BCUT2D eigenvalue weighted by molar-refractivity contribution is 0.0999. The Morgan fingerprint density at radius 1 is 0.970 bits per heavy atom. The molecule has 0 saturated carbocycles. The van der Waals surface area contributed by atoms with Crippen molar-refractivity contribution in [3.8, 4) is 16.9 Å². The Labute approximate surface area is 195 Å². The van der Waals surface area contributed by atoms with E-state index in [1.54, 1.807) is 7.11 Å². The molecule has 1 aliphatic heterocycles. The number of benzene rings is 3. The van der Waals surface area contributed by atoms with Gasteiger partial charge in [-0.15, -0.1) is 0 Å². The van der Waals surface area contributed by atoms with Crippen molar-refractivity contribution < 1.29 is 9.53 Å². The summed E-state index contributed by atoms with van der Waals surface area (Å²) in [4.78, 5) is 17.5. The molecule has 1 heterocycles. The first-order valence-electron chi connectivity index (χ1n) is 11.8. The van der Waals surface area contributed by atoms with Crippen molar-refractivity contribution in [1.29, 1.82) is 0 Å². The van der Waals surface area contributed by atoms with Gasteiger partial charge in [-0.05, 0) is 52.4 Å². The number of hydrogen-bond donors (Lipinski definition) is 1. The number of rotatable bonds is 6. The van der Waals surface area contributed by atoms with Crippen LogP contribution in [0.1, 0.15) is 40.4 Å². The lowest BCUT2D eigenvalue weighted by Gasteiger charge is -2.39. The predicted molar refractivity (Wildman–Crippen MR) is 135 cm³/mol. The molecular formula is C28H31N3O2. The molecule has 0 radical (unpaired) electrons. The van der Waals surface area contributed by atoms with Gasteiger partial charge in [-0.25, -0.2) is 0 Å². The van der Waals surface area contributed by atoms with E-state index in [2.05, 4.69) is 53.1 Å². The molecule has 1 aliphatic carbocycles. The van der Waals surface area contributed by atoms with E-state index in [0.29, 0.717) is 5.56 Å². The predicted octanol–water partition coefficient (Wildman–Crippen LogP) is 4.64. The number of nitrogens with two attached hydrogens (primary N) is 1. The fourth-order valence-corrected chi connectivity index (χ4v) is 5.46. The van der Waals surface area contributed by atoms with E-state index in [4.69, 9.17) is 10.5 Å². The molecule has 1 saturated heterocycles. The van der Waals surface area contributed by atoms with Gasteiger partial charge in [-0.2, -0.15) is 0 Å². The Bertz CT molecular complexity index is 1200. The molecule has 0 unspecified atom stereocenters. The highest BCUT2D eigenvalue weighted by Crippen LogP contribution is 2.45. The summed E-state index contributed by atoms with van der Waals surface area (Å²) in [7, 11) is 1.72. The molecular weight excluding hydrogens is 410 g/mol. The number of para-hydroxylation sites is 2. The molecule has 0 aromatic heterocycles. The summed E-state index contributed by atoms with van der Waals surface area (Å²) in [5, 5.41) is 0. The summed E-state index contributed by atoms with van der Waals surface area (Å²) >= 11 is 0. The molecule has 0 spiro atoms. The largest absolute Gasteiger partial charge is 0.495 e. The molecule has 5 rings (SSSR count). The van der Waals surface area contributed by atoms with E-state index >= 15 is 0 Å². The average molecular weight is 442 g/mol. The van der Waals surface area contributed by atoms with Crippen molar-refractivity contribution in [3.05, 3.63) is 76.9 Å². The lowest BCUT2D eigenvalue weighted by Crippen LogP contribution is -2.47. The van der Waals surface area contributed by atoms with Crippen LogP contribution in [-0.2, 0) is 12.8 Å².